The molecule has 0 amide bonds. The van der Waals surface area contributed by atoms with Gasteiger partial charge in [-0.3, -0.25) is 0 Å². The molecule has 0 saturated carbocycles. The molecule has 0 aromatic carbocycles. The van der Waals surface area contributed by atoms with E-state index in [2.05, 4.69) is 22.1 Å². The molecule has 0 aliphatic carbocycles. The highest BCUT2D eigenvalue weighted by molar-refractivity contribution is 6.30. The van der Waals surface area contributed by atoms with Gasteiger partial charge in [0.1, 0.15) is 5.82 Å². The van der Waals surface area contributed by atoms with Crippen LogP contribution in [0.5, 0.6) is 0 Å². The van der Waals surface area contributed by atoms with Gasteiger partial charge >= 0.3 is 0 Å². The summed E-state index contributed by atoms with van der Waals surface area (Å²) in [6.45, 7) is 6.44. The molecule has 1 rings (SSSR count). The number of ether oxygens (including phenoxy) is 1. The van der Waals surface area contributed by atoms with Crippen LogP contribution in [0.15, 0.2) is 12.3 Å². The quantitative estimate of drug-likeness (QED) is 0.837. The zero-order chi connectivity index (χ0) is 12.9. The second-order valence-electron chi connectivity index (χ2n) is 4.37. The van der Waals surface area contributed by atoms with Gasteiger partial charge < -0.3 is 10.1 Å². The summed E-state index contributed by atoms with van der Waals surface area (Å²) in [5.74, 6) is 6.56. The van der Waals surface area contributed by atoms with Crippen LogP contribution < -0.4 is 5.32 Å². The van der Waals surface area contributed by atoms with E-state index < -0.39 is 0 Å². The summed E-state index contributed by atoms with van der Waals surface area (Å²) in [5, 5.41) is 3.88. The zero-order valence-corrected chi connectivity index (χ0v) is 11.4. The number of hydrogen-bond acceptors (Lipinski definition) is 3. The Kier molecular flexibility index (Phi) is 4.80. The van der Waals surface area contributed by atoms with Crippen LogP contribution in [0.4, 0.5) is 5.82 Å². The van der Waals surface area contributed by atoms with Gasteiger partial charge in [-0.05, 0) is 26.8 Å². The lowest BCUT2D eigenvalue weighted by Gasteiger charge is -2.26. The molecule has 0 unspecified atom stereocenters. The SMILES string of the molecule is CC#Cc1cc(Cl)cnc1NC(C)(C)COC. The number of hydrogen-bond donors (Lipinski definition) is 1. The summed E-state index contributed by atoms with van der Waals surface area (Å²) in [4.78, 5) is 4.26. The van der Waals surface area contributed by atoms with E-state index in [1.807, 2.05) is 13.8 Å². The summed E-state index contributed by atoms with van der Waals surface area (Å²) in [6.07, 6.45) is 1.60. The third-order valence-electron chi connectivity index (χ3n) is 2.08. The molecule has 0 atom stereocenters. The summed E-state index contributed by atoms with van der Waals surface area (Å²) in [5.41, 5.74) is 0.587. The summed E-state index contributed by atoms with van der Waals surface area (Å²) >= 11 is 5.90. The number of halogens is 1. The van der Waals surface area contributed by atoms with Gasteiger partial charge in [0.25, 0.3) is 0 Å². The Bertz CT molecular complexity index is 446. The van der Waals surface area contributed by atoms with E-state index in [-0.39, 0.29) is 5.54 Å². The highest BCUT2D eigenvalue weighted by atomic mass is 35.5. The molecule has 0 radical (unpaired) electrons. The monoisotopic (exact) mass is 252 g/mol. The lowest BCUT2D eigenvalue weighted by atomic mass is 10.1. The van der Waals surface area contributed by atoms with Gasteiger partial charge in [0.05, 0.1) is 22.7 Å². The number of aromatic nitrogens is 1. The molecule has 1 N–H and O–H groups in total. The predicted molar refractivity (Wildman–Crippen MR) is 71.4 cm³/mol. The van der Waals surface area contributed by atoms with Crippen LogP contribution >= 0.6 is 11.6 Å². The minimum Gasteiger partial charge on any atom is -0.382 e. The summed E-state index contributed by atoms with van der Waals surface area (Å²) in [7, 11) is 1.67. The molecule has 0 saturated heterocycles. The topological polar surface area (TPSA) is 34.2 Å². The van der Waals surface area contributed by atoms with Crippen LogP contribution in [0.3, 0.4) is 0 Å². The average Bonchev–Trinajstić information content (AvgIpc) is 2.22. The predicted octanol–water partition coefficient (Wildman–Crippen LogP) is 2.94. The molecule has 1 heterocycles. The van der Waals surface area contributed by atoms with Crippen LogP contribution in [0.2, 0.25) is 5.02 Å². The molecular formula is C13H17ClN2O. The molecule has 4 heteroatoms. The Balaban J connectivity index is 3.00. The van der Waals surface area contributed by atoms with Crippen molar-refractivity contribution in [3.8, 4) is 11.8 Å². The molecule has 17 heavy (non-hydrogen) atoms. The second kappa shape index (κ2) is 5.90. The number of nitrogens with zero attached hydrogens (tertiary/aromatic N) is 1. The van der Waals surface area contributed by atoms with E-state index >= 15 is 0 Å². The van der Waals surface area contributed by atoms with Crippen molar-refractivity contribution in [2.75, 3.05) is 19.0 Å². The number of nitrogens with one attached hydrogen (secondary N) is 1. The smallest absolute Gasteiger partial charge is 0.142 e. The fourth-order valence-corrected chi connectivity index (χ4v) is 1.64. The first kappa shape index (κ1) is 13.8. The Labute approximate surface area is 108 Å². The Morgan fingerprint density at radius 3 is 2.82 bits per heavy atom. The molecule has 0 spiro atoms. The Morgan fingerprint density at radius 2 is 2.24 bits per heavy atom. The maximum absolute atomic E-state index is 5.90. The number of rotatable bonds is 4. The first-order chi connectivity index (χ1) is 7.98. The van der Waals surface area contributed by atoms with Crippen LogP contribution in [0, 0.1) is 11.8 Å². The molecule has 0 fully saturated rings. The minimum absolute atomic E-state index is 0.209. The number of anilines is 1. The maximum Gasteiger partial charge on any atom is 0.142 e. The van der Waals surface area contributed by atoms with Gasteiger partial charge in [0.15, 0.2) is 0 Å². The standard InChI is InChI=1S/C13H17ClN2O/c1-5-6-10-7-11(14)8-15-12(10)16-13(2,3)9-17-4/h7-8H,9H2,1-4H3,(H,15,16). The molecular weight excluding hydrogens is 236 g/mol. The maximum atomic E-state index is 5.90. The second-order valence-corrected chi connectivity index (χ2v) is 4.80. The molecule has 0 aliphatic rings. The normalized spacial score (nSPS) is 10.6. The van der Waals surface area contributed by atoms with Gasteiger partial charge in [-0.25, -0.2) is 4.98 Å². The molecule has 3 nitrogen and oxygen atoms in total. The van der Waals surface area contributed by atoms with Gasteiger partial charge in [-0.2, -0.15) is 0 Å². The molecule has 92 valence electrons. The van der Waals surface area contributed by atoms with E-state index in [1.54, 1.807) is 26.3 Å². The zero-order valence-electron chi connectivity index (χ0n) is 10.6. The fraction of sp³-hybridized carbons (Fsp3) is 0.462. The van der Waals surface area contributed by atoms with Crippen molar-refractivity contribution >= 4 is 17.4 Å². The van der Waals surface area contributed by atoms with Gasteiger partial charge in [-0.15, -0.1) is 5.92 Å². The van der Waals surface area contributed by atoms with Crippen molar-refractivity contribution in [1.29, 1.82) is 0 Å². The van der Waals surface area contributed by atoms with Crippen molar-refractivity contribution in [2.24, 2.45) is 0 Å². The molecule has 1 aromatic heterocycles. The van der Waals surface area contributed by atoms with E-state index in [9.17, 15) is 0 Å². The number of pyridine rings is 1. The van der Waals surface area contributed by atoms with Gasteiger partial charge in [-0.1, -0.05) is 17.5 Å². The van der Waals surface area contributed by atoms with Crippen molar-refractivity contribution in [3.63, 3.8) is 0 Å². The van der Waals surface area contributed by atoms with E-state index in [4.69, 9.17) is 16.3 Å². The average molecular weight is 253 g/mol. The fourth-order valence-electron chi connectivity index (χ4n) is 1.49. The Morgan fingerprint density at radius 1 is 1.53 bits per heavy atom. The van der Waals surface area contributed by atoms with Crippen LogP contribution in [0.1, 0.15) is 26.3 Å². The third-order valence-corrected chi connectivity index (χ3v) is 2.28. The summed E-state index contributed by atoms with van der Waals surface area (Å²) in [6, 6.07) is 1.80. The summed E-state index contributed by atoms with van der Waals surface area (Å²) < 4.78 is 5.15. The van der Waals surface area contributed by atoms with Crippen LogP contribution in [-0.2, 0) is 4.74 Å². The van der Waals surface area contributed by atoms with Crippen LogP contribution in [0.25, 0.3) is 0 Å². The largest absolute Gasteiger partial charge is 0.382 e. The molecule has 0 bridgehead atoms. The lowest BCUT2D eigenvalue weighted by Crippen LogP contribution is -2.36. The third kappa shape index (κ3) is 4.26. The van der Waals surface area contributed by atoms with Crippen molar-refractivity contribution in [3.05, 3.63) is 22.8 Å². The van der Waals surface area contributed by atoms with Crippen LogP contribution in [-0.4, -0.2) is 24.2 Å². The molecule has 1 aromatic rings. The van der Waals surface area contributed by atoms with E-state index in [0.29, 0.717) is 11.6 Å². The highest BCUT2D eigenvalue weighted by Gasteiger charge is 2.19. The Hall–Kier alpha value is -1.24. The highest BCUT2D eigenvalue weighted by Crippen LogP contribution is 2.20. The van der Waals surface area contributed by atoms with E-state index in [1.165, 1.54) is 0 Å². The van der Waals surface area contributed by atoms with Crippen molar-refractivity contribution < 1.29 is 4.74 Å². The van der Waals surface area contributed by atoms with Gasteiger partial charge in [0.2, 0.25) is 0 Å². The first-order valence-corrected chi connectivity index (χ1v) is 5.72. The molecule has 0 aliphatic heterocycles. The number of methoxy groups -OCH3 is 1. The lowest BCUT2D eigenvalue weighted by molar-refractivity contribution is 0.158. The van der Waals surface area contributed by atoms with Crippen molar-refractivity contribution in [2.45, 2.75) is 26.3 Å². The first-order valence-electron chi connectivity index (χ1n) is 5.34. The minimum atomic E-state index is -0.209. The van der Waals surface area contributed by atoms with E-state index in [0.717, 1.165) is 11.4 Å². The van der Waals surface area contributed by atoms with Gasteiger partial charge in [0, 0.05) is 13.3 Å². The van der Waals surface area contributed by atoms with Crippen molar-refractivity contribution in [1.82, 2.24) is 4.98 Å².